The van der Waals surface area contributed by atoms with Crippen molar-refractivity contribution in [3.05, 3.63) is 46.8 Å². The largest absolute Gasteiger partial charge is 0.493 e. The molecule has 154 valence electrons. The number of benzene rings is 1. The maximum atomic E-state index is 12.6. The molecule has 0 atom stereocenters. The van der Waals surface area contributed by atoms with Crippen LogP contribution in [0.2, 0.25) is 0 Å². The van der Waals surface area contributed by atoms with Crippen LogP contribution in [0.4, 0.5) is 0 Å². The molecule has 0 radical (unpaired) electrons. The van der Waals surface area contributed by atoms with Crippen molar-refractivity contribution in [1.29, 1.82) is 0 Å². The third-order valence-electron chi connectivity index (χ3n) is 4.93. The number of hydrogen-bond acceptors (Lipinski definition) is 4. The molecule has 6 nitrogen and oxygen atoms in total. The first-order valence-corrected chi connectivity index (χ1v) is 9.65. The Balaban J connectivity index is 0.00000280. The SMILES string of the molecule is CC(C)COc1ccc(C(C)(C)CNC(=O)c2n[nH]c3c2CNCC3)cc1.Cl. The molecule has 1 aliphatic heterocycles. The lowest BCUT2D eigenvalue weighted by atomic mass is 9.84. The number of nitrogens with zero attached hydrogens (tertiary/aromatic N) is 1. The van der Waals surface area contributed by atoms with Gasteiger partial charge in [0.2, 0.25) is 0 Å². The van der Waals surface area contributed by atoms with Crippen molar-refractivity contribution in [2.45, 2.75) is 46.1 Å². The van der Waals surface area contributed by atoms with Crippen molar-refractivity contribution in [3.63, 3.8) is 0 Å². The van der Waals surface area contributed by atoms with Crippen LogP contribution in [0.1, 0.15) is 55.0 Å². The normalized spacial score (nSPS) is 13.6. The summed E-state index contributed by atoms with van der Waals surface area (Å²) in [7, 11) is 0. The summed E-state index contributed by atoms with van der Waals surface area (Å²) in [5, 5.41) is 13.6. The molecule has 3 N–H and O–H groups in total. The molecule has 1 aromatic carbocycles. The molecule has 1 aliphatic rings. The van der Waals surface area contributed by atoms with Gasteiger partial charge < -0.3 is 15.4 Å². The van der Waals surface area contributed by atoms with E-state index in [4.69, 9.17) is 4.74 Å². The number of halogens is 1. The molecule has 0 spiro atoms. The minimum absolute atomic E-state index is 0. The number of carbonyl (C=O) groups is 1. The summed E-state index contributed by atoms with van der Waals surface area (Å²) in [6, 6.07) is 8.14. The highest BCUT2D eigenvalue weighted by Crippen LogP contribution is 2.25. The molecule has 1 aromatic heterocycles. The van der Waals surface area contributed by atoms with E-state index in [9.17, 15) is 4.79 Å². The summed E-state index contributed by atoms with van der Waals surface area (Å²) in [5.41, 5.74) is 3.52. The Labute approximate surface area is 173 Å². The van der Waals surface area contributed by atoms with E-state index in [2.05, 4.69) is 60.7 Å². The van der Waals surface area contributed by atoms with Crippen molar-refractivity contribution in [2.75, 3.05) is 19.7 Å². The third-order valence-corrected chi connectivity index (χ3v) is 4.93. The Morgan fingerprint density at radius 2 is 2.00 bits per heavy atom. The molecule has 3 rings (SSSR count). The topological polar surface area (TPSA) is 79.0 Å². The summed E-state index contributed by atoms with van der Waals surface area (Å²) in [4.78, 5) is 12.6. The van der Waals surface area contributed by atoms with E-state index in [-0.39, 0.29) is 23.7 Å². The van der Waals surface area contributed by atoms with E-state index >= 15 is 0 Å². The standard InChI is InChI=1S/C21H30N4O2.ClH/c1-14(2)12-27-16-7-5-15(6-8-16)21(3,4)13-23-20(26)19-17-11-22-10-9-18(17)24-25-19;/h5-8,14,22H,9-13H2,1-4H3,(H,23,26)(H,24,25);1H. The van der Waals surface area contributed by atoms with Crippen LogP contribution in [-0.2, 0) is 18.4 Å². The number of fused-ring (bicyclic) bond motifs is 1. The first-order chi connectivity index (χ1) is 12.9. The van der Waals surface area contributed by atoms with Gasteiger partial charge in [-0.1, -0.05) is 39.8 Å². The molecule has 2 heterocycles. The number of aromatic amines is 1. The predicted molar refractivity (Wildman–Crippen MR) is 113 cm³/mol. The molecule has 0 aliphatic carbocycles. The van der Waals surface area contributed by atoms with E-state index in [1.165, 1.54) is 0 Å². The highest BCUT2D eigenvalue weighted by molar-refractivity contribution is 5.94. The zero-order valence-corrected chi connectivity index (χ0v) is 17.9. The molecular weight excluding hydrogens is 376 g/mol. The minimum atomic E-state index is -0.194. The van der Waals surface area contributed by atoms with Crippen molar-refractivity contribution in [2.24, 2.45) is 5.92 Å². The van der Waals surface area contributed by atoms with Crippen LogP contribution in [-0.4, -0.2) is 35.8 Å². The van der Waals surface area contributed by atoms with Crippen LogP contribution in [0, 0.1) is 5.92 Å². The van der Waals surface area contributed by atoms with Crippen molar-refractivity contribution < 1.29 is 9.53 Å². The van der Waals surface area contributed by atoms with Gasteiger partial charge in [0.05, 0.1) is 6.61 Å². The Morgan fingerprint density at radius 1 is 1.29 bits per heavy atom. The van der Waals surface area contributed by atoms with Crippen molar-refractivity contribution >= 4 is 18.3 Å². The Hall–Kier alpha value is -2.05. The lowest BCUT2D eigenvalue weighted by Gasteiger charge is -2.26. The van der Waals surface area contributed by atoms with Gasteiger partial charge in [0.1, 0.15) is 5.75 Å². The van der Waals surface area contributed by atoms with Crippen LogP contribution in [0.5, 0.6) is 5.75 Å². The summed E-state index contributed by atoms with van der Waals surface area (Å²) in [6.07, 6.45) is 0.881. The molecule has 2 aromatic rings. The van der Waals surface area contributed by atoms with Gasteiger partial charge in [-0.2, -0.15) is 5.10 Å². The molecule has 28 heavy (non-hydrogen) atoms. The van der Waals surface area contributed by atoms with Gasteiger partial charge in [0.15, 0.2) is 5.69 Å². The number of amides is 1. The van der Waals surface area contributed by atoms with Crippen LogP contribution in [0.15, 0.2) is 24.3 Å². The summed E-state index contributed by atoms with van der Waals surface area (Å²) in [5.74, 6) is 1.25. The fourth-order valence-corrected chi connectivity index (χ4v) is 3.17. The molecule has 0 saturated heterocycles. The minimum Gasteiger partial charge on any atom is -0.493 e. The van der Waals surface area contributed by atoms with Gasteiger partial charge in [-0.05, 0) is 23.6 Å². The number of rotatable bonds is 7. The number of aromatic nitrogens is 2. The van der Waals surface area contributed by atoms with Crippen LogP contribution >= 0.6 is 12.4 Å². The van der Waals surface area contributed by atoms with Gasteiger partial charge in [0.25, 0.3) is 5.91 Å². The van der Waals surface area contributed by atoms with Gasteiger partial charge >= 0.3 is 0 Å². The summed E-state index contributed by atoms with van der Waals surface area (Å²) >= 11 is 0. The third kappa shape index (κ3) is 5.26. The average Bonchev–Trinajstić information content (AvgIpc) is 3.09. The lowest BCUT2D eigenvalue weighted by Crippen LogP contribution is -2.37. The van der Waals surface area contributed by atoms with Crippen LogP contribution in [0.25, 0.3) is 0 Å². The van der Waals surface area contributed by atoms with E-state index in [1.807, 2.05) is 12.1 Å². The maximum Gasteiger partial charge on any atom is 0.272 e. The second kappa shape index (κ2) is 9.43. The van der Waals surface area contributed by atoms with Gasteiger partial charge in [-0.15, -0.1) is 12.4 Å². The molecule has 0 saturated carbocycles. The average molecular weight is 407 g/mol. The molecule has 0 unspecified atom stereocenters. The van der Waals surface area contributed by atoms with E-state index in [1.54, 1.807) is 0 Å². The van der Waals surface area contributed by atoms with Gasteiger partial charge in [-0.25, -0.2) is 0 Å². The Bertz CT molecular complexity index is 784. The molecule has 0 bridgehead atoms. The second-order valence-corrected chi connectivity index (χ2v) is 8.25. The Morgan fingerprint density at radius 3 is 2.68 bits per heavy atom. The van der Waals surface area contributed by atoms with Crippen molar-refractivity contribution in [1.82, 2.24) is 20.8 Å². The highest BCUT2D eigenvalue weighted by Gasteiger charge is 2.25. The molecule has 7 heteroatoms. The fraction of sp³-hybridized carbons (Fsp3) is 0.524. The second-order valence-electron chi connectivity index (χ2n) is 8.25. The maximum absolute atomic E-state index is 12.6. The number of hydrogen-bond donors (Lipinski definition) is 3. The fourth-order valence-electron chi connectivity index (χ4n) is 3.17. The van der Waals surface area contributed by atoms with Gasteiger partial charge in [0, 0.05) is 42.7 Å². The Kier molecular flexibility index (Phi) is 7.49. The zero-order valence-electron chi connectivity index (χ0n) is 17.1. The van der Waals surface area contributed by atoms with E-state index in [0.29, 0.717) is 31.3 Å². The number of H-pyrrole nitrogens is 1. The summed E-state index contributed by atoms with van der Waals surface area (Å²) < 4.78 is 5.75. The molecular formula is C21H31ClN4O2. The molecule has 1 amide bonds. The number of nitrogens with one attached hydrogen (secondary N) is 3. The smallest absolute Gasteiger partial charge is 0.272 e. The monoisotopic (exact) mass is 406 g/mol. The first-order valence-electron chi connectivity index (χ1n) is 9.65. The number of carbonyl (C=O) groups excluding carboxylic acids is 1. The number of ether oxygens (including phenoxy) is 1. The van der Waals surface area contributed by atoms with Crippen LogP contribution < -0.4 is 15.4 Å². The van der Waals surface area contributed by atoms with Gasteiger partial charge in [-0.3, -0.25) is 9.89 Å². The predicted octanol–water partition coefficient (Wildman–Crippen LogP) is 3.22. The lowest BCUT2D eigenvalue weighted by molar-refractivity contribution is 0.0939. The first kappa shape index (κ1) is 22.2. The van der Waals surface area contributed by atoms with Crippen molar-refractivity contribution in [3.8, 4) is 5.75 Å². The van der Waals surface area contributed by atoms with E-state index < -0.39 is 0 Å². The van der Waals surface area contributed by atoms with Crippen LogP contribution in [0.3, 0.4) is 0 Å². The summed E-state index contributed by atoms with van der Waals surface area (Å²) in [6.45, 7) is 11.4. The van der Waals surface area contributed by atoms with E-state index in [0.717, 1.165) is 35.5 Å². The molecule has 0 fully saturated rings. The quantitative estimate of drug-likeness (QED) is 0.659. The highest BCUT2D eigenvalue weighted by atomic mass is 35.5. The zero-order chi connectivity index (χ0) is 19.4.